The van der Waals surface area contributed by atoms with Gasteiger partial charge in [-0.1, -0.05) is 46.3 Å². The van der Waals surface area contributed by atoms with Gasteiger partial charge in [-0.3, -0.25) is 4.79 Å². The lowest BCUT2D eigenvalue weighted by Gasteiger charge is -2.48. The number of amides is 1. The van der Waals surface area contributed by atoms with Gasteiger partial charge < -0.3 is 14.7 Å². The number of aliphatic carboxylic acids is 1. The Morgan fingerprint density at radius 1 is 1.17 bits per heavy atom. The van der Waals surface area contributed by atoms with Crippen molar-refractivity contribution in [1.82, 2.24) is 4.90 Å². The molecule has 1 amide bonds. The summed E-state index contributed by atoms with van der Waals surface area (Å²) in [6.07, 6.45) is -0.727. The molecule has 124 valence electrons. The highest BCUT2D eigenvalue weighted by Crippen LogP contribution is 2.39. The second kappa shape index (κ2) is 6.65. The zero-order valence-corrected chi connectivity index (χ0v) is 14.5. The molecule has 0 aliphatic carbocycles. The van der Waals surface area contributed by atoms with Gasteiger partial charge in [-0.2, -0.15) is 0 Å². The molecule has 2 aromatic carbocycles. The lowest BCUT2D eigenvalue weighted by atomic mass is 9.88. The highest BCUT2D eigenvalue weighted by Gasteiger charge is 2.53. The summed E-state index contributed by atoms with van der Waals surface area (Å²) in [6, 6.07) is 15.2. The molecule has 24 heavy (non-hydrogen) atoms. The Bertz CT molecular complexity index is 747. The second-order valence-electron chi connectivity index (χ2n) is 5.61. The summed E-state index contributed by atoms with van der Waals surface area (Å²) in [6.45, 7) is 1.50. The largest absolute Gasteiger partial charge is 0.480 e. The van der Waals surface area contributed by atoms with Crippen molar-refractivity contribution in [3.8, 4) is 5.75 Å². The topological polar surface area (TPSA) is 66.8 Å². The minimum absolute atomic E-state index is 0.318. The van der Waals surface area contributed by atoms with Gasteiger partial charge in [0.25, 0.3) is 5.91 Å². The van der Waals surface area contributed by atoms with Crippen LogP contribution in [-0.4, -0.2) is 34.0 Å². The number of carboxylic acid groups (broad SMARTS) is 1. The van der Waals surface area contributed by atoms with Crippen molar-refractivity contribution in [1.29, 1.82) is 0 Å². The van der Waals surface area contributed by atoms with Crippen LogP contribution in [0, 0.1) is 0 Å². The van der Waals surface area contributed by atoms with Crippen molar-refractivity contribution < 1.29 is 19.4 Å². The molecule has 3 atom stereocenters. The number of carbonyl (C=O) groups is 2. The van der Waals surface area contributed by atoms with Crippen LogP contribution in [-0.2, 0) is 9.59 Å². The molecule has 2 unspecified atom stereocenters. The molecule has 1 aliphatic heterocycles. The van der Waals surface area contributed by atoms with Crippen molar-refractivity contribution in [2.45, 2.75) is 25.1 Å². The van der Waals surface area contributed by atoms with Crippen LogP contribution in [0.5, 0.6) is 5.75 Å². The van der Waals surface area contributed by atoms with Crippen molar-refractivity contribution in [3.63, 3.8) is 0 Å². The predicted octanol–water partition coefficient (Wildman–Crippen LogP) is 3.25. The van der Waals surface area contributed by atoms with E-state index in [4.69, 9.17) is 4.74 Å². The van der Waals surface area contributed by atoms with Gasteiger partial charge in [-0.25, -0.2) is 4.79 Å². The Balaban J connectivity index is 1.91. The molecule has 2 aromatic rings. The Kier molecular flexibility index (Phi) is 4.57. The maximum Gasteiger partial charge on any atom is 0.326 e. The molecular weight excluding hydrogens is 374 g/mol. The first-order valence-electron chi connectivity index (χ1n) is 7.51. The van der Waals surface area contributed by atoms with Crippen LogP contribution < -0.4 is 4.74 Å². The molecule has 1 saturated heterocycles. The molecule has 0 saturated carbocycles. The Morgan fingerprint density at radius 2 is 1.79 bits per heavy atom. The normalized spacial score (nSPS) is 21.1. The fraction of sp³-hybridized carbons (Fsp3) is 0.222. The standard InChI is InChI=1S/C18H16BrNO4/c1-11(18(22)23)20-15(12-7-9-13(19)10-8-12)16(17(20)21)24-14-5-3-2-4-6-14/h2-11,15-16H,1H3,(H,22,23)/t11-,15?,16?/m0/s1. The van der Waals surface area contributed by atoms with E-state index in [0.29, 0.717) is 5.75 Å². The van der Waals surface area contributed by atoms with Gasteiger partial charge in [0.1, 0.15) is 17.8 Å². The highest BCUT2D eigenvalue weighted by molar-refractivity contribution is 9.10. The van der Waals surface area contributed by atoms with Crippen molar-refractivity contribution in [2.24, 2.45) is 0 Å². The van der Waals surface area contributed by atoms with Gasteiger partial charge in [0.2, 0.25) is 6.10 Å². The third-order valence-electron chi connectivity index (χ3n) is 4.08. The molecule has 1 heterocycles. The van der Waals surface area contributed by atoms with Gasteiger partial charge in [0, 0.05) is 4.47 Å². The fourth-order valence-corrected chi connectivity index (χ4v) is 3.05. The van der Waals surface area contributed by atoms with Gasteiger partial charge >= 0.3 is 5.97 Å². The van der Waals surface area contributed by atoms with E-state index in [-0.39, 0.29) is 5.91 Å². The maximum absolute atomic E-state index is 12.5. The average molecular weight is 390 g/mol. The average Bonchev–Trinajstić information content (AvgIpc) is 2.59. The third kappa shape index (κ3) is 3.01. The lowest BCUT2D eigenvalue weighted by molar-refractivity contribution is -0.175. The van der Waals surface area contributed by atoms with Crippen LogP contribution in [0.1, 0.15) is 18.5 Å². The van der Waals surface area contributed by atoms with Crippen LogP contribution >= 0.6 is 15.9 Å². The maximum atomic E-state index is 12.5. The molecule has 0 radical (unpaired) electrons. The van der Waals surface area contributed by atoms with E-state index in [1.807, 2.05) is 42.5 Å². The van der Waals surface area contributed by atoms with Crippen LogP contribution in [0.2, 0.25) is 0 Å². The van der Waals surface area contributed by atoms with Gasteiger partial charge in [-0.05, 0) is 36.8 Å². The number of benzene rings is 2. The minimum Gasteiger partial charge on any atom is -0.480 e. The molecule has 0 spiro atoms. The van der Waals surface area contributed by atoms with Crippen LogP contribution in [0.25, 0.3) is 0 Å². The number of β-lactam (4-membered cyclic amide) rings is 1. The highest BCUT2D eigenvalue weighted by atomic mass is 79.9. The number of likely N-dealkylation sites (tertiary alicyclic amines) is 1. The molecule has 3 rings (SSSR count). The SMILES string of the molecule is C[C@@H](C(=O)O)N1C(=O)C(Oc2ccccc2)C1c1ccc(Br)cc1. The number of para-hydroxylation sites is 1. The summed E-state index contributed by atoms with van der Waals surface area (Å²) < 4.78 is 6.74. The zero-order chi connectivity index (χ0) is 17.3. The molecule has 6 heteroatoms. The van der Waals surface area contributed by atoms with E-state index < -0.39 is 24.2 Å². The van der Waals surface area contributed by atoms with Crippen molar-refractivity contribution in [2.75, 3.05) is 0 Å². The monoisotopic (exact) mass is 389 g/mol. The molecular formula is C18H16BrNO4. The molecule has 0 bridgehead atoms. The molecule has 5 nitrogen and oxygen atoms in total. The Morgan fingerprint density at radius 3 is 2.38 bits per heavy atom. The third-order valence-corrected chi connectivity index (χ3v) is 4.61. The summed E-state index contributed by atoms with van der Waals surface area (Å²) in [5.41, 5.74) is 0.840. The Labute approximate surface area is 148 Å². The zero-order valence-electron chi connectivity index (χ0n) is 12.9. The van der Waals surface area contributed by atoms with Gasteiger partial charge in [0.15, 0.2) is 0 Å². The van der Waals surface area contributed by atoms with E-state index in [1.54, 1.807) is 12.1 Å². The number of carbonyl (C=O) groups excluding carboxylic acids is 1. The molecule has 1 fully saturated rings. The van der Waals surface area contributed by atoms with Gasteiger partial charge in [-0.15, -0.1) is 0 Å². The molecule has 1 aliphatic rings. The number of rotatable bonds is 5. The number of hydrogen-bond donors (Lipinski definition) is 1. The number of nitrogens with zero attached hydrogens (tertiary/aromatic N) is 1. The first-order valence-corrected chi connectivity index (χ1v) is 8.30. The van der Waals surface area contributed by atoms with Crippen LogP contribution in [0.4, 0.5) is 0 Å². The quantitative estimate of drug-likeness (QED) is 0.796. The van der Waals surface area contributed by atoms with Gasteiger partial charge in [0.05, 0.1) is 0 Å². The summed E-state index contributed by atoms with van der Waals surface area (Å²) in [7, 11) is 0. The first kappa shape index (κ1) is 16.5. The number of ether oxygens (including phenoxy) is 1. The van der Waals surface area contributed by atoms with E-state index >= 15 is 0 Å². The van der Waals surface area contributed by atoms with Crippen molar-refractivity contribution in [3.05, 3.63) is 64.6 Å². The first-order chi connectivity index (χ1) is 11.5. The number of halogens is 1. The van der Waals surface area contributed by atoms with E-state index in [0.717, 1.165) is 10.0 Å². The van der Waals surface area contributed by atoms with Crippen molar-refractivity contribution >= 4 is 27.8 Å². The summed E-state index contributed by atoms with van der Waals surface area (Å²) in [4.78, 5) is 25.2. The van der Waals surface area contributed by atoms with Crippen LogP contribution in [0.15, 0.2) is 59.1 Å². The lowest BCUT2D eigenvalue weighted by Crippen LogP contribution is -2.65. The molecule has 0 aromatic heterocycles. The van der Waals surface area contributed by atoms with E-state index in [9.17, 15) is 14.7 Å². The summed E-state index contributed by atoms with van der Waals surface area (Å²) >= 11 is 3.38. The Hall–Kier alpha value is -2.34. The number of hydrogen-bond acceptors (Lipinski definition) is 3. The summed E-state index contributed by atoms with van der Waals surface area (Å²) in [5.74, 6) is -0.772. The van der Waals surface area contributed by atoms with E-state index in [2.05, 4.69) is 15.9 Å². The van der Waals surface area contributed by atoms with E-state index in [1.165, 1.54) is 11.8 Å². The number of carboxylic acids is 1. The second-order valence-corrected chi connectivity index (χ2v) is 6.52. The van der Waals surface area contributed by atoms with Crippen LogP contribution in [0.3, 0.4) is 0 Å². The fourth-order valence-electron chi connectivity index (χ4n) is 2.79. The summed E-state index contributed by atoms with van der Waals surface area (Å²) in [5, 5.41) is 9.28. The molecule has 1 N–H and O–H groups in total. The predicted molar refractivity (Wildman–Crippen MR) is 91.7 cm³/mol. The smallest absolute Gasteiger partial charge is 0.326 e. The minimum atomic E-state index is -1.04.